The quantitative estimate of drug-likeness (QED) is 0.165. The lowest BCUT2D eigenvalue weighted by Crippen LogP contribution is -2.30. The standard InChI is InChI=1S/C60H62N2/c1-35-21-36(2)26-45(25-35)61(46-27-37(3)22-38(4)28-46)43-17-19-51-53(33-43)59(9,10)57-55(51)49-15-13-14-16-50(49)56-52-20-18-44(34-54(52)60(11,12)58(56)57)62(47-29-39(5)23-40(6)30-47)48-31-41(7)24-42(8)32-48/h13-31,33-34,42,51,53H,32H2,1-12H3. The minimum Gasteiger partial charge on any atom is -0.314 e. The van der Waals surface area contributed by atoms with Crippen molar-refractivity contribution in [2.75, 3.05) is 9.80 Å². The normalized spacial score (nSPS) is 20.2. The third-order valence-electron chi connectivity index (χ3n) is 14.5. The fourth-order valence-corrected chi connectivity index (χ4v) is 12.4. The van der Waals surface area contributed by atoms with E-state index in [4.69, 9.17) is 0 Å². The fourth-order valence-electron chi connectivity index (χ4n) is 12.4. The molecule has 4 aliphatic carbocycles. The van der Waals surface area contributed by atoms with Gasteiger partial charge >= 0.3 is 0 Å². The predicted octanol–water partition coefficient (Wildman–Crippen LogP) is 16.3. The van der Waals surface area contributed by atoms with E-state index in [1.165, 1.54) is 112 Å². The topological polar surface area (TPSA) is 6.48 Å². The number of hydrogen-bond donors (Lipinski definition) is 0. The molecule has 0 saturated heterocycles. The molecule has 6 aromatic rings. The Morgan fingerprint density at radius 1 is 0.565 bits per heavy atom. The molecular weight excluding hydrogens is 749 g/mol. The lowest BCUT2D eigenvalue weighted by atomic mass is 9.69. The molecule has 0 heterocycles. The molecule has 10 rings (SSSR count). The maximum Gasteiger partial charge on any atom is 0.0466 e. The van der Waals surface area contributed by atoms with Crippen LogP contribution in [0.1, 0.15) is 110 Å². The summed E-state index contributed by atoms with van der Waals surface area (Å²) in [5.74, 6) is 1.03. The number of rotatable bonds is 6. The molecule has 0 amide bonds. The van der Waals surface area contributed by atoms with Crippen LogP contribution in [0.4, 0.5) is 22.7 Å². The summed E-state index contributed by atoms with van der Waals surface area (Å²) in [6, 6.07) is 37.7. The summed E-state index contributed by atoms with van der Waals surface area (Å²) in [5, 5.41) is 2.78. The van der Waals surface area contributed by atoms with Crippen LogP contribution in [0.2, 0.25) is 0 Å². The summed E-state index contributed by atoms with van der Waals surface area (Å²) >= 11 is 0. The molecule has 0 radical (unpaired) electrons. The van der Waals surface area contributed by atoms with Gasteiger partial charge in [0, 0.05) is 45.5 Å². The third-order valence-corrected chi connectivity index (χ3v) is 14.5. The van der Waals surface area contributed by atoms with Crippen LogP contribution in [0.15, 0.2) is 144 Å². The second-order valence-electron chi connectivity index (χ2n) is 20.6. The number of benzene rings is 6. The SMILES string of the molecule is CC1=CC(C)CC(N(c2cc(C)cc(C)c2)c2ccc3c(c2)C(C)(C)c2c4c(c5ccccc5c2-3)C2C=CC(N(c3cc(C)cc(C)c3)c3cc(C)cc(C)c3)=CC2C4(C)C)=C1. The average Bonchev–Trinajstić information content (AvgIpc) is 3.56. The van der Waals surface area contributed by atoms with Gasteiger partial charge < -0.3 is 9.80 Å². The van der Waals surface area contributed by atoms with Crippen molar-refractivity contribution in [1.29, 1.82) is 0 Å². The van der Waals surface area contributed by atoms with Crippen LogP contribution in [0.5, 0.6) is 0 Å². The molecule has 0 bridgehead atoms. The fraction of sp³-hybridized carbons (Fsp3) is 0.300. The first kappa shape index (κ1) is 40.2. The Labute approximate surface area is 371 Å². The van der Waals surface area contributed by atoms with Crippen LogP contribution in [-0.2, 0) is 10.8 Å². The lowest BCUT2D eigenvalue weighted by Gasteiger charge is -2.36. The molecule has 0 N–H and O–H groups in total. The van der Waals surface area contributed by atoms with Gasteiger partial charge in [-0.25, -0.2) is 0 Å². The van der Waals surface area contributed by atoms with Gasteiger partial charge in [0.15, 0.2) is 0 Å². The van der Waals surface area contributed by atoms with Crippen LogP contribution in [-0.4, -0.2) is 0 Å². The van der Waals surface area contributed by atoms with Gasteiger partial charge in [-0.15, -0.1) is 0 Å². The Kier molecular flexibility index (Phi) is 9.31. The van der Waals surface area contributed by atoms with Crippen molar-refractivity contribution in [3.63, 3.8) is 0 Å². The third kappa shape index (κ3) is 6.35. The van der Waals surface area contributed by atoms with Crippen LogP contribution >= 0.6 is 0 Å². The predicted molar refractivity (Wildman–Crippen MR) is 266 cm³/mol. The van der Waals surface area contributed by atoms with Crippen LogP contribution in [0.25, 0.3) is 21.9 Å². The first-order valence-corrected chi connectivity index (χ1v) is 22.9. The molecule has 3 atom stereocenters. The Balaban J connectivity index is 1.15. The van der Waals surface area contributed by atoms with E-state index in [0.717, 1.165) is 6.42 Å². The molecule has 312 valence electrons. The van der Waals surface area contributed by atoms with E-state index in [2.05, 4.69) is 220 Å². The Morgan fingerprint density at radius 2 is 1.11 bits per heavy atom. The zero-order chi connectivity index (χ0) is 43.6. The molecule has 2 nitrogen and oxygen atoms in total. The van der Waals surface area contributed by atoms with Crippen molar-refractivity contribution in [3.8, 4) is 11.1 Å². The van der Waals surface area contributed by atoms with Crippen LogP contribution in [0.3, 0.4) is 0 Å². The van der Waals surface area contributed by atoms with Gasteiger partial charge in [-0.1, -0.05) is 107 Å². The molecule has 0 aliphatic heterocycles. The van der Waals surface area contributed by atoms with Gasteiger partial charge in [0.1, 0.15) is 0 Å². The first-order valence-electron chi connectivity index (χ1n) is 22.9. The Morgan fingerprint density at radius 3 is 1.68 bits per heavy atom. The average molecular weight is 811 g/mol. The summed E-state index contributed by atoms with van der Waals surface area (Å²) in [4.78, 5) is 5.07. The zero-order valence-corrected chi connectivity index (χ0v) is 39.0. The second kappa shape index (κ2) is 14.3. The zero-order valence-electron chi connectivity index (χ0n) is 39.0. The second-order valence-corrected chi connectivity index (χ2v) is 20.6. The molecule has 6 aromatic carbocycles. The Bertz CT molecular complexity index is 2880. The van der Waals surface area contributed by atoms with Gasteiger partial charge in [0.25, 0.3) is 0 Å². The van der Waals surface area contributed by atoms with Gasteiger partial charge in [-0.05, 0) is 210 Å². The number of nitrogens with zero attached hydrogens (tertiary/aromatic N) is 2. The van der Waals surface area contributed by atoms with E-state index < -0.39 is 0 Å². The molecule has 0 spiro atoms. The minimum atomic E-state index is -0.224. The van der Waals surface area contributed by atoms with Crippen molar-refractivity contribution in [2.45, 2.75) is 106 Å². The maximum atomic E-state index is 2.63. The highest BCUT2D eigenvalue weighted by Crippen LogP contribution is 2.64. The summed E-state index contributed by atoms with van der Waals surface area (Å²) in [7, 11) is 0. The molecule has 0 aromatic heterocycles. The first-order chi connectivity index (χ1) is 29.5. The van der Waals surface area contributed by atoms with Gasteiger partial charge in [0.2, 0.25) is 0 Å². The highest BCUT2D eigenvalue weighted by Gasteiger charge is 2.52. The summed E-state index contributed by atoms with van der Waals surface area (Å²) < 4.78 is 0. The van der Waals surface area contributed by atoms with Gasteiger partial charge in [-0.2, -0.15) is 0 Å². The summed E-state index contributed by atoms with van der Waals surface area (Å²) in [6.07, 6.45) is 13.4. The van der Waals surface area contributed by atoms with Crippen molar-refractivity contribution >= 4 is 33.5 Å². The van der Waals surface area contributed by atoms with Crippen molar-refractivity contribution in [3.05, 3.63) is 200 Å². The molecule has 0 saturated carbocycles. The number of allylic oxidation sites excluding steroid dienone is 7. The molecule has 0 fully saturated rings. The van der Waals surface area contributed by atoms with E-state index in [1.54, 1.807) is 5.56 Å². The number of anilines is 4. The van der Waals surface area contributed by atoms with Crippen molar-refractivity contribution < 1.29 is 0 Å². The lowest BCUT2D eigenvalue weighted by molar-refractivity contribution is 0.388. The van der Waals surface area contributed by atoms with E-state index in [1.807, 2.05) is 0 Å². The molecule has 3 unspecified atom stereocenters. The molecule has 4 aliphatic rings. The highest BCUT2D eigenvalue weighted by molar-refractivity contribution is 6.06. The largest absolute Gasteiger partial charge is 0.314 e. The van der Waals surface area contributed by atoms with Crippen molar-refractivity contribution in [1.82, 2.24) is 0 Å². The van der Waals surface area contributed by atoms with E-state index in [9.17, 15) is 0 Å². The summed E-state index contributed by atoms with van der Waals surface area (Å²) in [5.41, 5.74) is 25.0. The smallest absolute Gasteiger partial charge is 0.0466 e. The number of fused-ring (bicyclic) bond motifs is 10. The van der Waals surface area contributed by atoms with Crippen molar-refractivity contribution in [2.24, 2.45) is 11.8 Å². The minimum absolute atomic E-state index is 0.138. The van der Waals surface area contributed by atoms with Crippen LogP contribution < -0.4 is 9.80 Å². The summed E-state index contributed by atoms with van der Waals surface area (Å²) in [6.45, 7) is 28.0. The Hall–Kier alpha value is -5.86. The highest BCUT2D eigenvalue weighted by atomic mass is 15.2. The van der Waals surface area contributed by atoms with Gasteiger partial charge in [0.05, 0.1) is 0 Å². The molecule has 62 heavy (non-hydrogen) atoms. The monoisotopic (exact) mass is 810 g/mol. The number of hydrogen-bond acceptors (Lipinski definition) is 2. The van der Waals surface area contributed by atoms with E-state index in [0.29, 0.717) is 5.92 Å². The molecular formula is C60H62N2. The van der Waals surface area contributed by atoms with Gasteiger partial charge in [-0.3, -0.25) is 0 Å². The number of aryl methyl sites for hydroxylation is 6. The molecule has 2 heteroatoms. The maximum absolute atomic E-state index is 2.63. The van der Waals surface area contributed by atoms with E-state index in [-0.39, 0.29) is 22.7 Å². The van der Waals surface area contributed by atoms with Crippen LogP contribution in [0, 0.1) is 53.4 Å². The van der Waals surface area contributed by atoms with E-state index >= 15 is 0 Å².